The van der Waals surface area contributed by atoms with Crippen LogP contribution in [0, 0.1) is 0 Å². The Labute approximate surface area is 251 Å². The van der Waals surface area contributed by atoms with Crippen molar-refractivity contribution in [3.63, 3.8) is 0 Å². The first-order valence-corrected chi connectivity index (χ1v) is 15.3. The number of benzene rings is 2. The number of aryl methyl sites for hydroxylation is 2. The van der Waals surface area contributed by atoms with E-state index in [0.717, 1.165) is 53.7 Å². The van der Waals surface area contributed by atoms with Gasteiger partial charge in [-0.05, 0) is 84.5 Å². The fraction of sp³-hybridized carbons (Fsp3) is 0.294. The normalized spacial score (nSPS) is 14.8. The van der Waals surface area contributed by atoms with E-state index in [-0.39, 0.29) is 11.1 Å². The summed E-state index contributed by atoms with van der Waals surface area (Å²) >= 11 is 1.07. The largest absolute Gasteiger partial charge is 0.493 e. The van der Waals surface area contributed by atoms with E-state index >= 15 is 0 Å². The van der Waals surface area contributed by atoms with E-state index in [1.165, 1.54) is 16.0 Å². The lowest BCUT2D eigenvalue weighted by Gasteiger charge is -2.15. The maximum Gasteiger partial charge on any atom is 0.293 e. The van der Waals surface area contributed by atoms with Gasteiger partial charge in [0.1, 0.15) is 11.5 Å². The van der Waals surface area contributed by atoms with Crippen LogP contribution in [0.2, 0.25) is 0 Å². The van der Waals surface area contributed by atoms with Crippen molar-refractivity contribution in [2.75, 3.05) is 18.1 Å². The standard InChI is InChI=1S/C34H35N3O4S/c1-3-24-5-9-27(35-22-24)17-19-40-30-13-7-26(8-14-30)21-32-33(38)37(34(39)42-32)29-11-15-31(16-12-29)41-20-18-28-10-6-25(4-2)23-36-28/h5-16,22-23,32H,3-4,17-21H2,1-2H3. The van der Waals surface area contributed by atoms with Crippen LogP contribution in [0.25, 0.3) is 0 Å². The number of aromatic nitrogens is 2. The summed E-state index contributed by atoms with van der Waals surface area (Å²) in [7, 11) is 0. The number of amides is 2. The topological polar surface area (TPSA) is 81.6 Å². The molecule has 1 fully saturated rings. The minimum atomic E-state index is -0.469. The number of anilines is 1. The Balaban J connectivity index is 1.09. The van der Waals surface area contributed by atoms with Crippen LogP contribution in [0.3, 0.4) is 0 Å². The first-order valence-electron chi connectivity index (χ1n) is 14.4. The molecule has 0 radical (unpaired) electrons. The smallest absolute Gasteiger partial charge is 0.293 e. The molecular formula is C34H35N3O4S. The lowest BCUT2D eigenvalue weighted by atomic mass is 10.1. The number of pyridine rings is 2. The SMILES string of the molecule is CCc1ccc(CCOc2ccc(CC3SC(=O)N(c4ccc(OCCc5ccc(CC)cn5)cc4)C3=O)cc2)nc1. The van der Waals surface area contributed by atoms with Gasteiger partial charge in [-0.1, -0.05) is 49.9 Å². The molecule has 1 unspecified atom stereocenters. The molecule has 216 valence electrons. The molecule has 3 heterocycles. The maximum absolute atomic E-state index is 13.2. The zero-order valence-corrected chi connectivity index (χ0v) is 24.8. The molecule has 7 nitrogen and oxygen atoms in total. The number of imide groups is 1. The van der Waals surface area contributed by atoms with Gasteiger partial charge in [0.2, 0.25) is 5.91 Å². The summed E-state index contributed by atoms with van der Waals surface area (Å²) in [6, 6.07) is 23.0. The number of carbonyl (C=O) groups excluding carboxylic acids is 2. The molecule has 1 saturated heterocycles. The Morgan fingerprint density at radius 3 is 1.67 bits per heavy atom. The number of hydrogen-bond acceptors (Lipinski definition) is 7. The Kier molecular flexibility index (Phi) is 9.87. The second-order valence-electron chi connectivity index (χ2n) is 10.1. The van der Waals surface area contributed by atoms with Crippen LogP contribution in [0.5, 0.6) is 11.5 Å². The highest BCUT2D eigenvalue weighted by Crippen LogP contribution is 2.34. The second-order valence-corrected chi connectivity index (χ2v) is 11.3. The van der Waals surface area contributed by atoms with Crippen molar-refractivity contribution >= 4 is 28.6 Å². The van der Waals surface area contributed by atoms with Gasteiger partial charge in [-0.3, -0.25) is 19.6 Å². The molecular weight excluding hydrogens is 546 g/mol. The van der Waals surface area contributed by atoms with E-state index in [0.29, 0.717) is 37.5 Å². The average Bonchev–Trinajstić information content (AvgIpc) is 3.31. The quantitative estimate of drug-likeness (QED) is 0.175. The molecule has 0 bridgehead atoms. The molecule has 0 saturated carbocycles. The van der Waals surface area contributed by atoms with Crippen LogP contribution in [-0.2, 0) is 36.9 Å². The first kappa shape index (κ1) is 29.3. The van der Waals surface area contributed by atoms with E-state index in [2.05, 4.69) is 35.9 Å². The van der Waals surface area contributed by atoms with Gasteiger partial charge in [0.05, 0.1) is 24.2 Å². The molecule has 2 amide bonds. The van der Waals surface area contributed by atoms with Gasteiger partial charge in [0.25, 0.3) is 5.24 Å². The highest BCUT2D eigenvalue weighted by atomic mass is 32.2. The van der Waals surface area contributed by atoms with Crippen LogP contribution in [0.15, 0.2) is 85.2 Å². The first-order chi connectivity index (χ1) is 20.5. The van der Waals surface area contributed by atoms with E-state index in [9.17, 15) is 9.59 Å². The van der Waals surface area contributed by atoms with Crippen LogP contribution in [0.1, 0.15) is 41.9 Å². The second kappa shape index (κ2) is 14.1. The van der Waals surface area contributed by atoms with Crippen molar-refractivity contribution in [2.24, 2.45) is 0 Å². The van der Waals surface area contributed by atoms with Crippen LogP contribution in [0.4, 0.5) is 10.5 Å². The predicted octanol–water partition coefficient (Wildman–Crippen LogP) is 6.66. The molecule has 2 aromatic heterocycles. The molecule has 42 heavy (non-hydrogen) atoms. The summed E-state index contributed by atoms with van der Waals surface area (Å²) in [5.41, 5.74) is 5.94. The zero-order chi connectivity index (χ0) is 29.3. The van der Waals surface area contributed by atoms with Crippen molar-refractivity contribution in [1.29, 1.82) is 0 Å². The van der Waals surface area contributed by atoms with E-state index in [4.69, 9.17) is 9.47 Å². The minimum absolute atomic E-state index is 0.206. The van der Waals surface area contributed by atoms with Crippen molar-refractivity contribution in [3.8, 4) is 11.5 Å². The molecule has 2 aromatic carbocycles. The Morgan fingerprint density at radius 2 is 1.19 bits per heavy atom. The van der Waals surface area contributed by atoms with Crippen LogP contribution < -0.4 is 14.4 Å². The van der Waals surface area contributed by atoms with Gasteiger partial charge in [0, 0.05) is 36.6 Å². The monoisotopic (exact) mass is 581 g/mol. The molecule has 0 spiro atoms. The zero-order valence-electron chi connectivity index (χ0n) is 24.0. The number of rotatable bonds is 13. The van der Waals surface area contributed by atoms with Crippen molar-refractivity contribution in [1.82, 2.24) is 9.97 Å². The Hall–Kier alpha value is -4.17. The highest BCUT2D eigenvalue weighted by molar-refractivity contribution is 8.15. The Morgan fingerprint density at radius 1 is 0.690 bits per heavy atom. The summed E-state index contributed by atoms with van der Waals surface area (Å²) in [4.78, 5) is 36.1. The summed E-state index contributed by atoms with van der Waals surface area (Å²) in [6.45, 7) is 5.24. The van der Waals surface area contributed by atoms with Gasteiger partial charge in [-0.25, -0.2) is 4.90 Å². The third-order valence-electron chi connectivity index (χ3n) is 7.20. The number of nitrogens with zero attached hydrogens (tertiary/aromatic N) is 3. The van der Waals surface area contributed by atoms with Crippen molar-refractivity contribution in [2.45, 2.75) is 51.2 Å². The fourth-order valence-corrected chi connectivity index (χ4v) is 5.65. The number of ether oxygens (including phenoxy) is 2. The van der Waals surface area contributed by atoms with E-state index in [1.807, 2.05) is 48.8 Å². The number of hydrogen-bond donors (Lipinski definition) is 0. The molecule has 1 atom stereocenters. The van der Waals surface area contributed by atoms with Crippen molar-refractivity contribution < 1.29 is 19.1 Å². The molecule has 8 heteroatoms. The van der Waals surface area contributed by atoms with Crippen LogP contribution >= 0.6 is 11.8 Å². The molecule has 1 aliphatic rings. The predicted molar refractivity (Wildman–Crippen MR) is 166 cm³/mol. The van der Waals surface area contributed by atoms with Gasteiger partial charge >= 0.3 is 0 Å². The van der Waals surface area contributed by atoms with Gasteiger partial charge in [-0.2, -0.15) is 0 Å². The van der Waals surface area contributed by atoms with Gasteiger partial charge in [0.15, 0.2) is 0 Å². The lowest BCUT2D eigenvalue weighted by molar-refractivity contribution is -0.117. The lowest BCUT2D eigenvalue weighted by Crippen LogP contribution is -2.32. The van der Waals surface area contributed by atoms with Crippen molar-refractivity contribution in [3.05, 3.63) is 113 Å². The summed E-state index contributed by atoms with van der Waals surface area (Å²) in [5, 5.41) is -0.732. The third kappa shape index (κ3) is 7.56. The number of thioether (sulfide) groups is 1. The molecule has 0 N–H and O–H groups in total. The van der Waals surface area contributed by atoms with E-state index in [1.54, 1.807) is 24.3 Å². The summed E-state index contributed by atoms with van der Waals surface area (Å²) < 4.78 is 11.7. The number of carbonyl (C=O) groups is 2. The maximum atomic E-state index is 13.2. The molecule has 5 rings (SSSR count). The summed E-state index contributed by atoms with van der Waals surface area (Å²) in [6.07, 6.45) is 7.65. The molecule has 1 aliphatic heterocycles. The fourth-order valence-electron chi connectivity index (χ4n) is 4.62. The minimum Gasteiger partial charge on any atom is -0.493 e. The average molecular weight is 582 g/mol. The Bertz CT molecular complexity index is 1470. The van der Waals surface area contributed by atoms with Gasteiger partial charge < -0.3 is 9.47 Å². The highest BCUT2D eigenvalue weighted by Gasteiger charge is 2.40. The third-order valence-corrected chi connectivity index (χ3v) is 8.24. The molecule has 0 aliphatic carbocycles. The van der Waals surface area contributed by atoms with E-state index < -0.39 is 5.25 Å². The summed E-state index contributed by atoms with van der Waals surface area (Å²) in [5.74, 6) is 1.24. The molecule has 4 aromatic rings. The van der Waals surface area contributed by atoms with Gasteiger partial charge in [-0.15, -0.1) is 0 Å². The van der Waals surface area contributed by atoms with Crippen LogP contribution in [-0.4, -0.2) is 39.6 Å².